The number of nitrogens with one attached hydrogen (secondary N) is 2. The maximum Gasteiger partial charge on any atom is 0.262 e. The van der Waals surface area contributed by atoms with Crippen LogP contribution in [0, 0.1) is 12.8 Å². The number of rotatable bonds is 3. The van der Waals surface area contributed by atoms with E-state index >= 15 is 0 Å². The molecule has 8 heteroatoms. The summed E-state index contributed by atoms with van der Waals surface area (Å²) in [6.45, 7) is 3.34. The molecule has 2 amide bonds. The van der Waals surface area contributed by atoms with Gasteiger partial charge in [0.15, 0.2) is 0 Å². The van der Waals surface area contributed by atoms with E-state index < -0.39 is 5.56 Å². The molecular weight excluding hydrogens is 336 g/mol. The van der Waals surface area contributed by atoms with Crippen LogP contribution in [0.2, 0.25) is 0 Å². The molecule has 4 rings (SSSR count). The van der Waals surface area contributed by atoms with Gasteiger partial charge in [-0.3, -0.25) is 14.4 Å². The third-order valence-electron chi connectivity index (χ3n) is 5.43. The van der Waals surface area contributed by atoms with Gasteiger partial charge >= 0.3 is 0 Å². The van der Waals surface area contributed by atoms with Crippen molar-refractivity contribution in [2.75, 3.05) is 13.1 Å². The minimum atomic E-state index is -0.398. The van der Waals surface area contributed by atoms with Gasteiger partial charge in [-0.1, -0.05) is 0 Å². The van der Waals surface area contributed by atoms with Crippen molar-refractivity contribution in [2.24, 2.45) is 5.92 Å². The topological polar surface area (TPSA) is 108 Å². The second kappa shape index (κ2) is 6.59. The largest absolute Gasteiger partial charge is 0.442 e. The molecule has 1 saturated heterocycles. The lowest BCUT2D eigenvalue weighted by molar-refractivity contribution is -0.134. The average molecular weight is 358 g/mol. The van der Waals surface area contributed by atoms with Crippen molar-refractivity contribution in [3.63, 3.8) is 0 Å². The van der Waals surface area contributed by atoms with Crippen LogP contribution in [0.5, 0.6) is 0 Å². The molecular formula is C18H22N4O4. The van der Waals surface area contributed by atoms with Gasteiger partial charge in [-0.25, -0.2) is 4.98 Å². The molecule has 0 spiro atoms. The smallest absolute Gasteiger partial charge is 0.262 e. The first-order chi connectivity index (χ1) is 12.5. The highest BCUT2D eigenvalue weighted by Crippen LogP contribution is 2.29. The molecule has 2 fully saturated rings. The molecule has 2 aliphatic rings. The fourth-order valence-electron chi connectivity index (χ4n) is 4.12. The predicted molar refractivity (Wildman–Crippen MR) is 93.8 cm³/mol. The summed E-state index contributed by atoms with van der Waals surface area (Å²) in [5.41, 5.74) is -0.0147. The normalized spacial score (nSPS) is 22.9. The standard InChI is InChI=1S/C18H22N4O4/c1-10-13(14-15(23)19-9-20-17(14)26-10)16(24)21-12-5-4-11(8-12)18(25)22-6-2-3-7-22/h9,11-12H,2-8H2,1H3,(H,21,24)(H,19,20,23)/t11-,12+/m1/s1. The highest BCUT2D eigenvalue weighted by Gasteiger charge is 2.35. The minimum Gasteiger partial charge on any atom is -0.442 e. The van der Waals surface area contributed by atoms with Gasteiger partial charge in [-0.15, -0.1) is 0 Å². The lowest BCUT2D eigenvalue weighted by atomic mass is 10.1. The quantitative estimate of drug-likeness (QED) is 0.861. The van der Waals surface area contributed by atoms with Crippen molar-refractivity contribution < 1.29 is 14.0 Å². The molecule has 2 atom stereocenters. The lowest BCUT2D eigenvalue weighted by Gasteiger charge is -2.20. The number of amides is 2. The molecule has 8 nitrogen and oxygen atoms in total. The van der Waals surface area contributed by atoms with Crippen LogP contribution < -0.4 is 10.9 Å². The average Bonchev–Trinajstić information content (AvgIpc) is 3.33. The highest BCUT2D eigenvalue weighted by atomic mass is 16.3. The van der Waals surface area contributed by atoms with E-state index in [1.54, 1.807) is 6.92 Å². The summed E-state index contributed by atoms with van der Waals surface area (Å²) in [5.74, 6) is 0.207. The number of likely N-dealkylation sites (tertiary alicyclic amines) is 1. The van der Waals surface area contributed by atoms with Gasteiger partial charge in [-0.05, 0) is 39.0 Å². The number of aryl methyl sites for hydroxylation is 1. The third-order valence-corrected chi connectivity index (χ3v) is 5.43. The van der Waals surface area contributed by atoms with Gasteiger partial charge in [0.25, 0.3) is 11.5 Å². The van der Waals surface area contributed by atoms with Crippen molar-refractivity contribution in [1.82, 2.24) is 20.2 Å². The van der Waals surface area contributed by atoms with Gasteiger partial charge in [-0.2, -0.15) is 0 Å². The second-order valence-corrected chi connectivity index (χ2v) is 7.16. The van der Waals surface area contributed by atoms with E-state index in [0.717, 1.165) is 38.8 Å². The molecule has 0 bridgehead atoms. The highest BCUT2D eigenvalue weighted by molar-refractivity contribution is 6.06. The predicted octanol–water partition coefficient (Wildman–Crippen LogP) is 1.35. The van der Waals surface area contributed by atoms with Crippen molar-refractivity contribution in [2.45, 2.75) is 45.1 Å². The molecule has 138 valence electrons. The van der Waals surface area contributed by atoms with Crippen molar-refractivity contribution in [1.29, 1.82) is 0 Å². The van der Waals surface area contributed by atoms with Crippen LogP contribution in [-0.4, -0.2) is 45.8 Å². The van der Waals surface area contributed by atoms with Crippen LogP contribution in [0.25, 0.3) is 11.1 Å². The summed E-state index contributed by atoms with van der Waals surface area (Å²) < 4.78 is 5.44. The maximum absolute atomic E-state index is 12.7. The maximum atomic E-state index is 12.7. The molecule has 1 aliphatic heterocycles. The third kappa shape index (κ3) is 2.89. The molecule has 26 heavy (non-hydrogen) atoms. The number of fused-ring (bicyclic) bond motifs is 1. The Morgan fingerprint density at radius 2 is 2.08 bits per heavy atom. The van der Waals surface area contributed by atoms with Crippen LogP contribution >= 0.6 is 0 Å². The number of carbonyl (C=O) groups is 2. The Bertz CT molecular complexity index is 910. The Morgan fingerprint density at radius 1 is 1.31 bits per heavy atom. The molecule has 2 aromatic heterocycles. The number of H-pyrrole nitrogens is 1. The Kier molecular flexibility index (Phi) is 4.26. The van der Waals surface area contributed by atoms with E-state index in [0.29, 0.717) is 12.2 Å². The van der Waals surface area contributed by atoms with E-state index in [9.17, 15) is 14.4 Å². The van der Waals surface area contributed by atoms with Gasteiger partial charge in [0.2, 0.25) is 11.6 Å². The molecule has 3 heterocycles. The number of aromatic nitrogens is 2. The van der Waals surface area contributed by atoms with Crippen molar-refractivity contribution in [3.05, 3.63) is 28.0 Å². The molecule has 1 saturated carbocycles. The van der Waals surface area contributed by atoms with Gasteiger partial charge in [0, 0.05) is 25.0 Å². The van der Waals surface area contributed by atoms with Crippen LogP contribution in [0.1, 0.15) is 48.2 Å². The molecule has 0 unspecified atom stereocenters. The molecule has 1 aliphatic carbocycles. The molecule has 2 aromatic rings. The number of hydrogen-bond donors (Lipinski definition) is 2. The van der Waals surface area contributed by atoms with Gasteiger partial charge < -0.3 is 19.6 Å². The Labute approximate surface area is 150 Å². The minimum absolute atomic E-state index is 0.0225. The van der Waals surface area contributed by atoms with Crippen LogP contribution in [0.15, 0.2) is 15.5 Å². The Hall–Kier alpha value is -2.64. The first-order valence-electron chi connectivity index (χ1n) is 9.11. The number of furan rings is 1. The molecule has 0 aromatic carbocycles. The molecule has 0 radical (unpaired) electrons. The van der Waals surface area contributed by atoms with Crippen LogP contribution in [0.4, 0.5) is 0 Å². The first-order valence-corrected chi connectivity index (χ1v) is 9.11. The number of hydrogen-bond acceptors (Lipinski definition) is 5. The zero-order valence-corrected chi connectivity index (χ0v) is 14.7. The number of nitrogens with zero attached hydrogens (tertiary/aromatic N) is 2. The van der Waals surface area contributed by atoms with Gasteiger partial charge in [0.05, 0.1) is 11.9 Å². The number of aromatic amines is 1. The summed E-state index contributed by atoms with van der Waals surface area (Å²) >= 11 is 0. The second-order valence-electron chi connectivity index (χ2n) is 7.16. The van der Waals surface area contributed by atoms with E-state index in [4.69, 9.17) is 4.42 Å². The van der Waals surface area contributed by atoms with Crippen LogP contribution in [-0.2, 0) is 4.79 Å². The SMILES string of the molecule is Cc1oc2nc[nH]c(=O)c2c1C(=O)N[C@H]1CC[C@@H](C(=O)N2CCCC2)C1. The van der Waals surface area contributed by atoms with E-state index in [-0.39, 0.29) is 40.4 Å². The zero-order valence-electron chi connectivity index (χ0n) is 14.7. The van der Waals surface area contributed by atoms with E-state index in [1.807, 2.05) is 4.90 Å². The van der Waals surface area contributed by atoms with Gasteiger partial charge in [0.1, 0.15) is 11.1 Å². The van der Waals surface area contributed by atoms with Crippen molar-refractivity contribution >= 4 is 22.9 Å². The summed E-state index contributed by atoms with van der Waals surface area (Å²) in [5, 5.41) is 3.14. The Balaban J connectivity index is 1.47. The summed E-state index contributed by atoms with van der Waals surface area (Å²) in [6.07, 6.45) is 5.60. The monoisotopic (exact) mass is 358 g/mol. The fourth-order valence-corrected chi connectivity index (χ4v) is 4.12. The van der Waals surface area contributed by atoms with E-state index in [1.165, 1.54) is 6.33 Å². The first kappa shape index (κ1) is 16.8. The molecule has 2 N–H and O–H groups in total. The summed E-state index contributed by atoms with van der Waals surface area (Å²) in [7, 11) is 0. The summed E-state index contributed by atoms with van der Waals surface area (Å²) in [6, 6.07) is -0.0702. The summed E-state index contributed by atoms with van der Waals surface area (Å²) in [4.78, 5) is 45.7. The Morgan fingerprint density at radius 3 is 2.85 bits per heavy atom. The van der Waals surface area contributed by atoms with Crippen molar-refractivity contribution in [3.8, 4) is 0 Å². The van der Waals surface area contributed by atoms with Crippen LogP contribution in [0.3, 0.4) is 0 Å². The fraction of sp³-hybridized carbons (Fsp3) is 0.556. The zero-order chi connectivity index (χ0) is 18.3. The van der Waals surface area contributed by atoms with E-state index in [2.05, 4.69) is 15.3 Å². The number of carbonyl (C=O) groups excluding carboxylic acids is 2. The lowest BCUT2D eigenvalue weighted by Crippen LogP contribution is -2.36.